The number of fused-ring (bicyclic) bond motifs is 16. The first-order chi connectivity index (χ1) is 60.6. The molecule has 21 rings (SSSR count). The lowest BCUT2D eigenvalue weighted by Gasteiger charge is -2.50. The van der Waals surface area contributed by atoms with Gasteiger partial charge in [0.2, 0.25) is 0 Å². The average molecular weight is 1640 g/mol. The minimum absolute atomic E-state index is 0.0944. The third kappa shape index (κ3) is 12.5. The molecule has 1 aliphatic carbocycles. The summed E-state index contributed by atoms with van der Waals surface area (Å²) in [6.45, 7) is 41.3. The molecule has 0 fully saturated rings. The van der Waals surface area contributed by atoms with E-state index in [2.05, 4.69) is 386 Å². The number of hydrogen-bond donors (Lipinski definition) is 0. The summed E-state index contributed by atoms with van der Waals surface area (Å²) in [6.07, 6.45) is 7.40. The Morgan fingerprint density at radius 1 is 0.312 bits per heavy atom. The third-order valence-corrected chi connectivity index (χ3v) is 28.1. The van der Waals surface area contributed by atoms with Crippen LogP contribution in [-0.2, 0) is 32.6 Å². The van der Waals surface area contributed by atoms with Gasteiger partial charge in [0.1, 0.15) is 73.9 Å². The van der Waals surface area contributed by atoms with Gasteiger partial charge in [0.25, 0.3) is 6.71 Å². The van der Waals surface area contributed by atoms with Crippen LogP contribution in [0.2, 0.25) is 0 Å². The largest absolute Gasteiger partial charge is 0.454 e. The summed E-state index contributed by atoms with van der Waals surface area (Å²) in [5.74, 6) is 0. The van der Waals surface area contributed by atoms with Crippen LogP contribution in [0, 0.1) is 5.41 Å². The second kappa shape index (κ2) is 28.5. The Hall–Kier alpha value is -12.1. The Labute approximate surface area is 763 Å². The fourth-order valence-corrected chi connectivity index (χ4v) is 20.8. The van der Waals surface area contributed by atoms with Crippen LogP contribution in [0.5, 0.6) is 0 Å². The van der Waals surface area contributed by atoms with Gasteiger partial charge in [-0.25, -0.2) is 0 Å². The Balaban J connectivity index is 0.959. The van der Waals surface area contributed by atoms with Gasteiger partial charge in [-0.2, -0.15) is 0 Å². The molecule has 18 aromatic rings. The van der Waals surface area contributed by atoms with Crippen molar-refractivity contribution >= 4 is 245 Å². The summed E-state index contributed by atoms with van der Waals surface area (Å²) in [6, 6.07) is 90.2. The number of benzene rings is 14. The van der Waals surface area contributed by atoms with Gasteiger partial charge in [0.05, 0.1) is 33.4 Å². The van der Waals surface area contributed by atoms with Crippen LogP contribution in [0.3, 0.4) is 0 Å². The van der Waals surface area contributed by atoms with Crippen molar-refractivity contribution in [3.63, 3.8) is 0 Å². The molecule has 0 N–H and O–H groups in total. The summed E-state index contributed by atoms with van der Waals surface area (Å²) in [5.41, 5.74) is 29.0. The molecule has 6 nitrogen and oxygen atoms in total. The molecule has 4 aromatic heterocycles. The minimum Gasteiger partial charge on any atom is -0.454 e. The number of para-hydroxylation sites is 1. The lowest BCUT2D eigenvalue weighted by molar-refractivity contribution is 0.514. The molecule has 6 heterocycles. The van der Waals surface area contributed by atoms with E-state index in [1.165, 1.54) is 54.9 Å². The predicted octanol–water partition coefficient (Wildman–Crippen LogP) is 19.2. The lowest BCUT2D eigenvalue weighted by atomic mass is 9.33. The van der Waals surface area contributed by atoms with E-state index in [-0.39, 0.29) is 76.2 Å². The monoisotopic (exact) mass is 1640 g/mol. The first kappa shape index (κ1) is 82.9. The van der Waals surface area contributed by atoms with Gasteiger partial charge >= 0.3 is 0 Å². The maximum absolute atomic E-state index is 7.47. The lowest BCUT2D eigenvalue weighted by Crippen LogP contribution is -2.63. The molecule has 3 aliphatic rings. The highest BCUT2D eigenvalue weighted by molar-refractivity contribution is 7.00. The van der Waals surface area contributed by atoms with E-state index < -0.39 is 12.3 Å². The highest BCUT2D eigenvalue weighted by Gasteiger charge is 2.51. The Morgan fingerprint density at radius 3 is 1.22 bits per heavy atom. The maximum Gasteiger partial charge on any atom is 0.252 e. The summed E-state index contributed by atoms with van der Waals surface area (Å²) >= 11 is 0. The van der Waals surface area contributed by atoms with Crippen molar-refractivity contribution in [3.05, 3.63) is 294 Å². The first-order valence-corrected chi connectivity index (χ1v) is 44.8. The summed E-state index contributed by atoms with van der Waals surface area (Å²) in [5, 5.41) is 7.35. The molecular weight excluding hydrogens is 1540 g/mol. The highest BCUT2D eigenvalue weighted by Crippen LogP contribution is 2.55. The molecular formula is C113H96B9N5O. The van der Waals surface area contributed by atoms with E-state index in [4.69, 9.17) is 67.2 Å². The standard InChI is InChI=1S/C113H96B9N5O/c1-107(2,3)65-33-42-82(74(53-65)61-27-21-19-22-28-61)125-87-58-71(123-83-43-34-66(108(4,5)6)54-75(83)76-55-67(109(7,8)9)35-44-84(76)123)38-40-80(87)122-81-41-39-72(124-85-45-36-68(110(10,11)12)56-77(85)78-57-69(111(13,14)15)37-46-86(78)124)59-88(81)127(113(64-29-23-20-24-30-64)48-47-70(60-113)112(16,17)18)90-51-63(50-89(125)103(90)122)62-49-79-73-31-25-26-32-92(73)128-106(79)91(52-62)126-104-93(95(114)97(116)99(118)101(104)120)94-96(115)98(117)100(119)102(121)105(94)126/h19-60H,1-18H3. The van der Waals surface area contributed by atoms with Crippen LogP contribution in [0.4, 0.5) is 28.4 Å². The van der Waals surface area contributed by atoms with Crippen molar-refractivity contribution in [2.75, 3.05) is 9.80 Å². The van der Waals surface area contributed by atoms with Crippen LogP contribution in [0.15, 0.2) is 265 Å². The van der Waals surface area contributed by atoms with Gasteiger partial charge in [0, 0.05) is 83.0 Å². The van der Waals surface area contributed by atoms with Crippen molar-refractivity contribution < 1.29 is 4.42 Å². The number of allylic oxidation sites excluding steroid dienone is 2. The molecule has 0 saturated carbocycles. The van der Waals surface area contributed by atoms with E-state index in [9.17, 15) is 0 Å². The maximum atomic E-state index is 7.47. The zero-order valence-corrected chi connectivity index (χ0v) is 76.6. The zero-order valence-electron chi connectivity index (χ0n) is 76.6. The van der Waals surface area contributed by atoms with E-state index in [0.29, 0.717) is 38.7 Å². The normalized spacial score (nSPS) is 15.0. The minimum atomic E-state index is -0.995. The topological polar surface area (TPSA) is 34.4 Å². The van der Waals surface area contributed by atoms with Gasteiger partial charge in [-0.05, 0) is 243 Å². The van der Waals surface area contributed by atoms with Crippen LogP contribution in [0.25, 0.3) is 127 Å². The van der Waals surface area contributed by atoms with Gasteiger partial charge in [-0.1, -0.05) is 274 Å². The van der Waals surface area contributed by atoms with Crippen LogP contribution in [-0.4, -0.2) is 83.2 Å². The summed E-state index contributed by atoms with van der Waals surface area (Å²) in [4.78, 5) is 5.33. The third-order valence-electron chi connectivity index (χ3n) is 28.1. The number of rotatable bonds is 8. The molecule has 15 heteroatoms. The van der Waals surface area contributed by atoms with E-state index in [0.717, 1.165) is 117 Å². The molecule has 0 saturated heterocycles. The average Bonchev–Trinajstić information content (AvgIpc) is 1.33. The molecule has 1 atom stereocenters. The highest BCUT2D eigenvalue weighted by atomic mass is 16.3. The van der Waals surface area contributed by atoms with E-state index in [1.807, 2.05) is 16.7 Å². The van der Waals surface area contributed by atoms with Gasteiger partial charge in [-0.15, -0.1) is 21.9 Å². The predicted molar refractivity (Wildman–Crippen MR) is 557 cm³/mol. The van der Waals surface area contributed by atoms with Gasteiger partial charge in [0.15, 0.2) is 5.58 Å². The molecule has 16 radical (unpaired) electrons. The van der Waals surface area contributed by atoms with E-state index >= 15 is 0 Å². The second-order valence-corrected chi connectivity index (χ2v) is 42.4. The fourth-order valence-electron chi connectivity index (χ4n) is 20.8. The summed E-state index contributed by atoms with van der Waals surface area (Å²) < 4.78 is 14.3. The Morgan fingerprint density at radius 2 is 0.734 bits per heavy atom. The van der Waals surface area contributed by atoms with Gasteiger partial charge in [-0.3, -0.25) is 0 Å². The van der Waals surface area contributed by atoms with Crippen molar-refractivity contribution in [2.45, 2.75) is 157 Å². The van der Waals surface area contributed by atoms with Crippen molar-refractivity contribution in [1.29, 1.82) is 0 Å². The Kier molecular flexibility index (Phi) is 18.4. The molecule has 606 valence electrons. The molecule has 0 amide bonds. The SMILES string of the molecule is [B]c1c([B])c([B])c2c(c1[B])c1c([B])c([B])c([B])c([B])c1n2-c1cc(-c2cc3c4c(c2)N(C2(c5ccccc5)C=CC(C(C)(C)C)=C2)c2cc(-n5c6ccc(C(C)(C)C)cc6c6cc(C(C)(C)C)ccc65)ccc2B4c2ccc(-n4c5ccc(C(C)(C)C)cc5c5cc(C(C)(C)C)ccc54)cc2N3c2ccc(C(C)(C)C)cc2-c2ccccc2)cc2c1oc1ccccc12. The van der Waals surface area contributed by atoms with Gasteiger partial charge < -0.3 is 27.9 Å². The number of nitrogens with zero attached hydrogens (tertiary/aromatic N) is 5. The van der Waals surface area contributed by atoms with Crippen molar-refractivity contribution in [3.8, 4) is 39.3 Å². The molecule has 14 aromatic carbocycles. The van der Waals surface area contributed by atoms with Crippen LogP contribution in [0.1, 0.15) is 158 Å². The van der Waals surface area contributed by atoms with Crippen molar-refractivity contribution in [2.24, 2.45) is 5.41 Å². The summed E-state index contributed by atoms with van der Waals surface area (Å²) in [7, 11) is 57.5. The van der Waals surface area contributed by atoms with E-state index in [1.54, 1.807) is 0 Å². The number of anilines is 5. The molecule has 0 bridgehead atoms. The number of aromatic nitrogens is 3. The quantitative estimate of drug-likeness (QED) is 0.142. The van der Waals surface area contributed by atoms with Crippen LogP contribution < -0.4 is 69.9 Å². The smallest absolute Gasteiger partial charge is 0.252 e. The zero-order chi connectivity index (χ0) is 89.9. The Bertz CT molecular complexity index is 7710. The molecule has 128 heavy (non-hydrogen) atoms. The number of furan rings is 1. The molecule has 1 unspecified atom stereocenters. The molecule has 0 spiro atoms. The number of hydrogen-bond acceptors (Lipinski definition) is 3. The molecule has 2 aliphatic heterocycles. The van der Waals surface area contributed by atoms with Crippen LogP contribution >= 0.6 is 0 Å². The first-order valence-electron chi connectivity index (χ1n) is 44.8. The second-order valence-electron chi connectivity index (χ2n) is 42.4. The van der Waals surface area contributed by atoms with Crippen molar-refractivity contribution in [1.82, 2.24) is 13.7 Å². The fraction of sp³-hybridized carbons (Fsp3) is 0.221.